The van der Waals surface area contributed by atoms with E-state index in [0.29, 0.717) is 0 Å². The Morgan fingerprint density at radius 1 is 0.346 bits per heavy atom. The molecule has 0 unspecified atom stereocenters. The van der Waals surface area contributed by atoms with Crippen molar-refractivity contribution in [2.24, 2.45) is 0 Å². The van der Waals surface area contributed by atoms with Gasteiger partial charge in [0.1, 0.15) is 0 Å². The lowest BCUT2D eigenvalue weighted by atomic mass is 10.9. The Morgan fingerprint density at radius 2 is 0.500 bits per heavy atom. The van der Waals surface area contributed by atoms with Crippen molar-refractivity contribution in [3.05, 3.63) is 0 Å². The first kappa shape index (κ1) is 27.1. The van der Waals surface area contributed by atoms with Gasteiger partial charge >= 0.3 is 17.1 Å². The van der Waals surface area contributed by atoms with E-state index in [-0.39, 0.29) is 0 Å². The molecule has 0 saturated heterocycles. The summed E-state index contributed by atoms with van der Waals surface area (Å²) in [5.74, 6) is 0. The van der Waals surface area contributed by atoms with Crippen LogP contribution in [-0.4, -0.2) is 50.4 Å². The van der Waals surface area contributed by atoms with Gasteiger partial charge < -0.3 is 16.5 Å². The van der Waals surface area contributed by atoms with Crippen LogP contribution in [0.15, 0.2) is 0 Å². The highest BCUT2D eigenvalue weighted by atomic mass is 28.5. The van der Waals surface area contributed by atoms with E-state index in [1.165, 1.54) is 0 Å². The predicted molar refractivity (Wildman–Crippen MR) is 131 cm³/mol. The third-order valence-corrected chi connectivity index (χ3v) is 22.6. The van der Waals surface area contributed by atoms with Crippen molar-refractivity contribution in [3.8, 4) is 0 Å². The van der Waals surface area contributed by atoms with E-state index >= 15 is 0 Å². The summed E-state index contributed by atoms with van der Waals surface area (Å²) in [6.07, 6.45) is 0. The summed E-state index contributed by atoms with van der Waals surface area (Å²) >= 11 is 0. The lowest BCUT2D eigenvalue weighted by molar-refractivity contribution is 0.366. The molecule has 26 heavy (non-hydrogen) atoms. The van der Waals surface area contributed by atoms with E-state index in [1.54, 1.807) is 0 Å². The lowest BCUT2D eigenvalue weighted by Crippen LogP contribution is -2.56. The summed E-state index contributed by atoms with van der Waals surface area (Å²) in [4.78, 5) is 0. The monoisotopic (exact) mass is 470 g/mol. The topological polar surface area (TPSA) is 36.9 Å². The Balaban J connectivity index is 5.50. The third-order valence-electron chi connectivity index (χ3n) is 3.12. The highest BCUT2D eigenvalue weighted by molar-refractivity contribution is 6.90. The maximum Gasteiger partial charge on any atom is 0.314 e. The zero-order chi connectivity index (χ0) is 21.2. The lowest BCUT2D eigenvalue weighted by Gasteiger charge is -2.42. The maximum absolute atomic E-state index is 6.68. The van der Waals surface area contributed by atoms with Crippen LogP contribution in [0.2, 0.25) is 104 Å². The van der Waals surface area contributed by atoms with Gasteiger partial charge in [-0.1, -0.05) is 0 Å². The van der Waals surface area contributed by atoms with E-state index in [9.17, 15) is 0 Å². The van der Waals surface area contributed by atoms with Gasteiger partial charge in [-0.25, -0.2) is 0 Å². The summed E-state index contributed by atoms with van der Waals surface area (Å²) in [6, 6.07) is 1.94. The van der Waals surface area contributed by atoms with Gasteiger partial charge in [0, 0.05) is 0 Å². The Hall–Kier alpha value is 1.14. The standard InChI is InChI=1S/C16H46O4Si6/c1-21(2,3)17-25(13,18-22(4,5)6)15-16-26(14,19-23(7,8)9)20-24(10,11)12/h15-16H2,1-14H3. The molecule has 0 radical (unpaired) electrons. The highest BCUT2D eigenvalue weighted by Crippen LogP contribution is 2.32. The quantitative estimate of drug-likeness (QED) is 0.321. The zero-order valence-corrected chi connectivity index (χ0v) is 26.0. The van der Waals surface area contributed by atoms with E-state index in [4.69, 9.17) is 16.5 Å². The van der Waals surface area contributed by atoms with Gasteiger partial charge in [0.25, 0.3) is 0 Å². The molecule has 0 N–H and O–H groups in total. The number of rotatable bonds is 11. The van der Waals surface area contributed by atoms with E-state index in [1.807, 2.05) is 0 Å². The van der Waals surface area contributed by atoms with E-state index < -0.39 is 50.4 Å². The molecule has 0 rings (SSSR count). The largest absolute Gasteiger partial charge is 0.437 e. The van der Waals surface area contributed by atoms with Crippen LogP contribution in [0.25, 0.3) is 0 Å². The molecule has 0 fully saturated rings. The average Bonchev–Trinajstić information content (AvgIpc) is 2.15. The average molecular weight is 471 g/mol. The molecule has 0 heterocycles. The molecule has 0 aromatic rings. The first-order chi connectivity index (χ1) is 11.0. The van der Waals surface area contributed by atoms with Crippen molar-refractivity contribution < 1.29 is 16.5 Å². The number of hydrogen-bond donors (Lipinski definition) is 0. The number of hydrogen-bond acceptors (Lipinski definition) is 4. The Kier molecular flexibility index (Phi) is 9.27. The minimum atomic E-state index is -2.25. The molecule has 158 valence electrons. The molecule has 0 atom stereocenters. The van der Waals surface area contributed by atoms with Gasteiger partial charge in [0.15, 0.2) is 33.3 Å². The second kappa shape index (κ2) is 8.88. The summed E-state index contributed by atoms with van der Waals surface area (Å²) in [6.45, 7) is 31.7. The Bertz CT molecular complexity index is 372. The molecule has 0 aliphatic rings. The summed E-state index contributed by atoms with van der Waals surface area (Å²) in [5, 5.41) is 0. The molecule has 0 amide bonds. The molecule has 0 aromatic carbocycles. The predicted octanol–water partition coefficient (Wildman–Crippen LogP) is 6.54. The molecule has 0 spiro atoms. The molecule has 0 aromatic heterocycles. The van der Waals surface area contributed by atoms with Crippen LogP contribution in [0.3, 0.4) is 0 Å². The van der Waals surface area contributed by atoms with Gasteiger partial charge in [-0.3, -0.25) is 0 Å². The van der Waals surface area contributed by atoms with E-state index in [2.05, 4.69) is 91.7 Å². The third kappa shape index (κ3) is 14.2. The molecule has 0 bridgehead atoms. The molecular weight excluding hydrogens is 425 g/mol. The van der Waals surface area contributed by atoms with Crippen LogP contribution in [0.1, 0.15) is 0 Å². The van der Waals surface area contributed by atoms with Crippen molar-refractivity contribution in [2.45, 2.75) is 104 Å². The smallest absolute Gasteiger partial charge is 0.314 e. The van der Waals surface area contributed by atoms with Gasteiger partial charge in [-0.15, -0.1) is 0 Å². The van der Waals surface area contributed by atoms with Crippen LogP contribution >= 0.6 is 0 Å². The summed E-state index contributed by atoms with van der Waals surface area (Å²) in [7, 11) is -11.2. The van der Waals surface area contributed by atoms with Crippen LogP contribution in [0.5, 0.6) is 0 Å². The molecule has 0 aliphatic carbocycles. The van der Waals surface area contributed by atoms with Gasteiger partial charge in [-0.05, 0) is 104 Å². The van der Waals surface area contributed by atoms with Gasteiger partial charge in [0.05, 0.1) is 0 Å². The van der Waals surface area contributed by atoms with Gasteiger partial charge in [-0.2, -0.15) is 0 Å². The van der Waals surface area contributed by atoms with Crippen molar-refractivity contribution >= 4 is 50.4 Å². The van der Waals surface area contributed by atoms with E-state index in [0.717, 1.165) is 12.1 Å². The maximum atomic E-state index is 6.68. The second-order valence-corrected chi connectivity index (χ2v) is 37.3. The normalized spacial score (nSPS) is 15.5. The fourth-order valence-corrected chi connectivity index (χ4v) is 30.4. The first-order valence-corrected chi connectivity index (χ1v) is 28.5. The summed E-state index contributed by atoms with van der Waals surface area (Å²) < 4.78 is 26.7. The molecule has 4 nitrogen and oxygen atoms in total. The van der Waals surface area contributed by atoms with Crippen molar-refractivity contribution in [2.75, 3.05) is 0 Å². The highest BCUT2D eigenvalue weighted by Gasteiger charge is 2.46. The fourth-order valence-electron chi connectivity index (χ4n) is 3.29. The summed E-state index contributed by atoms with van der Waals surface area (Å²) in [5.41, 5.74) is 0. The second-order valence-electron chi connectivity index (χ2n) is 11.6. The first-order valence-electron chi connectivity index (χ1n) is 9.84. The minimum Gasteiger partial charge on any atom is -0.437 e. The molecular formula is C16H46O4Si6. The van der Waals surface area contributed by atoms with Crippen molar-refractivity contribution in [3.63, 3.8) is 0 Å². The SMILES string of the molecule is C[Si](C)(C)O[Si](C)(CC[Si](C)(O[Si](C)(C)C)O[Si](C)(C)C)O[Si](C)(C)C. The van der Waals surface area contributed by atoms with Crippen LogP contribution in [0, 0.1) is 0 Å². The minimum absolute atomic E-state index is 0.971. The molecule has 0 saturated carbocycles. The van der Waals surface area contributed by atoms with Gasteiger partial charge in [0.2, 0.25) is 0 Å². The van der Waals surface area contributed by atoms with Crippen molar-refractivity contribution in [1.82, 2.24) is 0 Å². The molecule has 10 heteroatoms. The van der Waals surface area contributed by atoms with Crippen LogP contribution < -0.4 is 0 Å². The van der Waals surface area contributed by atoms with Crippen LogP contribution in [-0.2, 0) is 16.5 Å². The Labute approximate surface area is 170 Å². The fraction of sp³-hybridized carbons (Fsp3) is 1.00. The Morgan fingerprint density at radius 3 is 0.615 bits per heavy atom. The zero-order valence-electron chi connectivity index (χ0n) is 20.0. The van der Waals surface area contributed by atoms with Crippen molar-refractivity contribution in [1.29, 1.82) is 0 Å². The van der Waals surface area contributed by atoms with Crippen LogP contribution in [0.4, 0.5) is 0 Å². The molecule has 0 aliphatic heterocycles.